The van der Waals surface area contributed by atoms with Gasteiger partial charge in [0.15, 0.2) is 0 Å². The molecule has 1 aliphatic heterocycles. The van der Waals surface area contributed by atoms with Gasteiger partial charge in [0.05, 0.1) is 18.8 Å². The lowest BCUT2D eigenvalue weighted by Gasteiger charge is -2.31. The van der Waals surface area contributed by atoms with Gasteiger partial charge in [-0.05, 0) is 50.3 Å². The van der Waals surface area contributed by atoms with Gasteiger partial charge in [-0.1, -0.05) is 18.2 Å². The number of carbonyl (C=O) groups excluding carboxylic acids is 1. The fraction of sp³-hybridized carbons (Fsp3) is 0.611. The molecule has 0 spiro atoms. The molecule has 1 fully saturated rings. The standard InChI is InChI=1S/C18H29N3O3S/c1-13-5-6-16(11-14(13)2)15(3)19-18(22)12-21-9-7-17(8-10-21)20-25(4,23)24/h5-6,11,15,17,20H,7-10,12H2,1-4H3,(H,19,22). The molecule has 6 nitrogen and oxygen atoms in total. The average Bonchev–Trinajstić information content (AvgIpc) is 2.50. The summed E-state index contributed by atoms with van der Waals surface area (Å²) in [6.45, 7) is 7.93. The second-order valence-electron chi connectivity index (χ2n) is 7.07. The monoisotopic (exact) mass is 367 g/mol. The molecule has 7 heteroatoms. The number of nitrogens with one attached hydrogen (secondary N) is 2. The van der Waals surface area contributed by atoms with E-state index in [1.165, 1.54) is 17.4 Å². The number of rotatable bonds is 6. The van der Waals surface area contributed by atoms with E-state index in [4.69, 9.17) is 0 Å². The highest BCUT2D eigenvalue weighted by atomic mass is 32.2. The fourth-order valence-corrected chi connectivity index (χ4v) is 3.96. The molecule has 0 aliphatic carbocycles. The molecule has 0 radical (unpaired) electrons. The second-order valence-corrected chi connectivity index (χ2v) is 8.85. The summed E-state index contributed by atoms with van der Waals surface area (Å²) >= 11 is 0. The Morgan fingerprint density at radius 3 is 2.44 bits per heavy atom. The Morgan fingerprint density at radius 1 is 1.24 bits per heavy atom. The van der Waals surface area contributed by atoms with Gasteiger partial charge < -0.3 is 5.32 Å². The summed E-state index contributed by atoms with van der Waals surface area (Å²) in [5.41, 5.74) is 3.57. The van der Waals surface area contributed by atoms with Crippen molar-refractivity contribution in [3.63, 3.8) is 0 Å². The molecule has 0 bridgehead atoms. The third-order valence-electron chi connectivity index (χ3n) is 4.74. The molecular weight excluding hydrogens is 338 g/mol. The number of nitrogens with zero attached hydrogens (tertiary/aromatic N) is 1. The number of sulfonamides is 1. The van der Waals surface area contributed by atoms with Crippen LogP contribution >= 0.6 is 0 Å². The van der Waals surface area contributed by atoms with Gasteiger partial charge in [0.1, 0.15) is 0 Å². The summed E-state index contributed by atoms with van der Waals surface area (Å²) in [5, 5.41) is 3.05. The highest BCUT2D eigenvalue weighted by Gasteiger charge is 2.23. The number of benzene rings is 1. The summed E-state index contributed by atoms with van der Waals surface area (Å²) in [6, 6.07) is 6.19. The predicted octanol–water partition coefficient (Wildman–Crippen LogP) is 1.49. The normalized spacial score (nSPS) is 18.1. The quantitative estimate of drug-likeness (QED) is 0.799. The van der Waals surface area contributed by atoms with Crippen LogP contribution in [-0.2, 0) is 14.8 Å². The Labute approximate surface area is 151 Å². The van der Waals surface area contributed by atoms with Crippen LogP contribution in [0.15, 0.2) is 18.2 Å². The van der Waals surface area contributed by atoms with Crippen molar-refractivity contribution in [2.75, 3.05) is 25.9 Å². The number of amides is 1. The Balaban J connectivity index is 1.80. The van der Waals surface area contributed by atoms with E-state index < -0.39 is 10.0 Å². The molecule has 1 aromatic rings. The third kappa shape index (κ3) is 6.41. The number of likely N-dealkylation sites (tertiary alicyclic amines) is 1. The summed E-state index contributed by atoms with van der Waals surface area (Å²) in [7, 11) is -3.17. The lowest BCUT2D eigenvalue weighted by molar-refractivity contribution is -0.123. The molecule has 25 heavy (non-hydrogen) atoms. The average molecular weight is 368 g/mol. The maximum Gasteiger partial charge on any atom is 0.234 e. The van der Waals surface area contributed by atoms with Crippen LogP contribution in [-0.4, -0.2) is 51.2 Å². The van der Waals surface area contributed by atoms with Gasteiger partial charge in [0.25, 0.3) is 0 Å². The molecule has 0 saturated carbocycles. The first-order chi connectivity index (χ1) is 11.6. The largest absolute Gasteiger partial charge is 0.348 e. The van der Waals surface area contributed by atoms with Crippen molar-refractivity contribution in [3.8, 4) is 0 Å². The lowest BCUT2D eigenvalue weighted by Crippen LogP contribution is -2.47. The minimum Gasteiger partial charge on any atom is -0.348 e. The first-order valence-corrected chi connectivity index (χ1v) is 10.6. The van der Waals surface area contributed by atoms with Crippen LogP contribution in [0.3, 0.4) is 0 Å². The lowest BCUT2D eigenvalue weighted by atomic mass is 10.0. The number of hydrogen-bond donors (Lipinski definition) is 2. The Hall–Kier alpha value is -1.44. The predicted molar refractivity (Wildman–Crippen MR) is 99.9 cm³/mol. The van der Waals surface area contributed by atoms with Crippen LogP contribution in [0, 0.1) is 13.8 Å². The van der Waals surface area contributed by atoms with Crippen molar-refractivity contribution < 1.29 is 13.2 Å². The van der Waals surface area contributed by atoms with Crippen molar-refractivity contribution in [2.45, 2.75) is 45.7 Å². The van der Waals surface area contributed by atoms with Gasteiger partial charge in [-0.25, -0.2) is 13.1 Å². The van der Waals surface area contributed by atoms with E-state index in [0.717, 1.165) is 31.5 Å². The highest BCUT2D eigenvalue weighted by molar-refractivity contribution is 7.88. The molecule has 0 aromatic heterocycles. The minimum atomic E-state index is -3.17. The molecule has 2 rings (SSSR count). The van der Waals surface area contributed by atoms with Crippen LogP contribution in [0.25, 0.3) is 0 Å². The van der Waals surface area contributed by atoms with E-state index in [1.807, 2.05) is 6.92 Å². The molecule has 140 valence electrons. The smallest absolute Gasteiger partial charge is 0.234 e. The Kier molecular flexibility index (Phi) is 6.59. The van der Waals surface area contributed by atoms with Crippen LogP contribution in [0.2, 0.25) is 0 Å². The zero-order valence-electron chi connectivity index (χ0n) is 15.5. The van der Waals surface area contributed by atoms with Gasteiger partial charge in [0.2, 0.25) is 15.9 Å². The van der Waals surface area contributed by atoms with Crippen molar-refractivity contribution in [3.05, 3.63) is 34.9 Å². The SMILES string of the molecule is Cc1ccc(C(C)NC(=O)CN2CCC(NS(C)(=O)=O)CC2)cc1C. The molecular formula is C18H29N3O3S. The summed E-state index contributed by atoms with van der Waals surface area (Å²) in [6.07, 6.45) is 2.64. The van der Waals surface area contributed by atoms with Gasteiger partial charge in [-0.2, -0.15) is 0 Å². The number of aryl methyl sites for hydroxylation is 2. The van der Waals surface area contributed by atoms with Crippen LogP contribution < -0.4 is 10.0 Å². The third-order valence-corrected chi connectivity index (χ3v) is 5.51. The number of carbonyl (C=O) groups is 1. The molecule has 1 heterocycles. The summed E-state index contributed by atoms with van der Waals surface area (Å²) in [5.74, 6) is 0.000232. The van der Waals surface area contributed by atoms with Crippen molar-refractivity contribution in [1.82, 2.24) is 14.9 Å². The van der Waals surface area contributed by atoms with Crippen LogP contribution in [0.5, 0.6) is 0 Å². The van der Waals surface area contributed by atoms with Gasteiger partial charge >= 0.3 is 0 Å². The van der Waals surface area contributed by atoms with Crippen molar-refractivity contribution in [1.29, 1.82) is 0 Å². The van der Waals surface area contributed by atoms with E-state index >= 15 is 0 Å². The maximum atomic E-state index is 12.3. The zero-order valence-corrected chi connectivity index (χ0v) is 16.3. The van der Waals surface area contributed by atoms with Gasteiger partial charge in [-0.3, -0.25) is 9.69 Å². The molecule has 2 N–H and O–H groups in total. The first kappa shape index (κ1) is 19.9. The summed E-state index contributed by atoms with van der Waals surface area (Å²) < 4.78 is 25.2. The zero-order chi connectivity index (χ0) is 18.6. The van der Waals surface area contributed by atoms with Crippen molar-refractivity contribution in [2.24, 2.45) is 0 Å². The molecule has 1 aromatic carbocycles. The molecule has 1 saturated heterocycles. The van der Waals surface area contributed by atoms with Crippen LogP contribution in [0.4, 0.5) is 0 Å². The van der Waals surface area contributed by atoms with E-state index in [2.05, 4.69) is 47.0 Å². The summed E-state index contributed by atoms with van der Waals surface area (Å²) in [4.78, 5) is 14.4. The van der Waals surface area contributed by atoms with E-state index in [-0.39, 0.29) is 18.0 Å². The first-order valence-electron chi connectivity index (χ1n) is 8.70. The second kappa shape index (κ2) is 8.29. The Morgan fingerprint density at radius 2 is 1.88 bits per heavy atom. The number of piperidine rings is 1. The van der Waals surface area contributed by atoms with E-state index in [1.54, 1.807) is 0 Å². The van der Waals surface area contributed by atoms with Crippen LogP contribution in [0.1, 0.15) is 42.5 Å². The minimum absolute atomic E-state index is 0.000232. The van der Waals surface area contributed by atoms with Gasteiger partial charge in [-0.15, -0.1) is 0 Å². The van der Waals surface area contributed by atoms with E-state index in [0.29, 0.717) is 6.54 Å². The highest BCUT2D eigenvalue weighted by Crippen LogP contribution is 2.17. The Bertz CT molecular complexity index is 710. The molecule has 1 amide bonds. The van der Waals surface area contributed by atoms with Gasteiger partial charge in [0, 0.05) is 19.1 Å². The molecule has 1 atom stereocenters. The van der Waals surface area contributed by atoms with Crippen molar-refractivity contribution >= 4 is 15.9 Å². The van der Waals surface area contributed by atoms with E-state index in [9.17, 15) is 13.2 Å². The number of hydrogen-bond acceptors (Lipinski definition) is 4. The molecule has 1 aliphatic rings. The topological polar surface area (TPSA) is 78.5 Å². The fourth-order valence-electron chi connectivity index (χ4n) is 3.12. The maximum absolute atomic E-state index is 12.3. The molecule has 1 unspecified atom stereocenters.